The summed E-state index contributed by atoms with van der Waals surface area (Å²) in [5, 5.41) is 25.0. The molecule has 0 radical (unpaired) electrons. The van der Waals surface area contributed by atoms with E-state index < -0.39 is 16.1 Å². The maximum absolute atomic E-state index is 12.8. The first-order chi connectivity index (χ1) is 20.9. The van der Waals surface area contributed by atoms with E-state index in [2.05, 4.69) is 37.7 Å². The Morgan fingerprint density at radius 2 is 1.73 bits per heavy atom. The zero-order valence-electron chi connectivity index (χ0n) is 26.8. The largest absolute Gasteiger partial charge is 0.454 e. The fraction of sp³-hybridized carbons (Fsp3) is 0.794. The Labute approximate surface area is 262 Å². The van der Waals surface area contributed by atoms with Crippen molar-refractivity contribution in [3.05, 3.63) is 18.2 Å². The van der Waals surface area contributed by atoms with Gasteiger partial charge in [-0.05, 0) is 122 Å². The van der Waals surface area contributed by atoms with E-state index in [4.69, 9.17) is 9.47 Å². The topological polar surface area (TPSA) is 134 Å². The lowest BCUT2D eigenvalue weighted by molar-refractivity contribution is -0.0964. The lowest BCUT2D eigenvalue weighted by atomic mass is 9.48. The van der Waals surface area contributed by atoms with Gasteiger partial charge in [0.1, 0.15) is 0 Å². The van der Waals surface area contributed by atoms with Gasteiger partial charge >= 0.3 is 6.03 Å². The van der Waals surface area contributed by atoms with Crippen LogP contribution in [0.1, 0.15) is 91.9 Å². The van der Waals surface area contributed by atoms with Gasteiger partial charge in [-0.3, -0.25) is 0 Å². The number of sulfonamides is 1. The molecular weight excluding hydrogens is 580 g/mol. The predicted octanol–water partition coefficient (Wildman–Crippen LogP) is 5.45. The summed E-state index contributed by atoms with van der Waals surface area (Å²) in [7, 11) is -4.05. The molecule has 44 heavy (non-hydrogen) atoms. The molecule has 4 N–H and O–H groups in total. The van der Waals surface area contributed by atoms with Gasteiger partial charge < -0.3 is 25.0 Å². The van der Waals surface area contributed by atoms with E-state index in [1.165, 1.54) is 37.5 Å². The van der Waals surface area contributed by atoms with Crippen LogP contribution in [-0.2, 0) is 10.0 Å². The van der Waals surface area contributed by atoms with E-state index in [1.54, 1.807) is 0 Å². The predicted molar refractivity (Wildman–Crippen MR) is 166 cm³/mol. The van der Waals surface area contributed by atoms with Crippen LogP contribution in [-0.4, -0.2) is 50.2 Å². The monoisotopic (exact) mass is 632 g/mol. The third-order valence-electron chi connectivity index (χ3n) is 13.2. The van der Waals surface area contributed by atoms with Crippen molar-refractivity contribution in [2.75, 3.05) is 13.3 Å². The highest BCUT2D eigenvalue weighted by molar-refractivity contribution is 7.90. The van der Waals surface area contributed by atoms with Crippen molar-refractivity contribution in [1.82, 2.24) is 10.0 Å². The van der Waals surface area contributed by atoms with E-state index in [1.807, 2.05) is 0 Å². The lowest BCUT2D eigenvalue weighted by Gasteiger charge is -2.57. The summed E-state index contributed by atoms with van der Waals surface area (Å²) in [4.78, 5) is 12.5. The van der Waals surface area contributed by atoms with Crippen molar-refractivity contribution in [3.8, 4) is 11.5 Å². The average molecular weight is 633 g/mol. The molecule has 1 aromatic rings. The molecule has 9 nitrogen and oxygen atoms in total. The van der Waals surface area contributed by atoms with E-state index in [0.717, 1.165) is 44.9 Å². The summed E-state index contributed by atoms with van der Waals surface area (Å²) < 4.78 is 38.2. The van der Waals surface area contributed by atoms with Crippen LogP contribution in [0.2, 0.25) is 0 Å². The molecule has 0 aromatic heterocycles. The third kappa shape index (κ3) is 5.51. The molecule has 0 bridgehead atoms. The van der Waals surface area contributed by atoms with Gasteiger partial charge in [-0.25, -0.2) is 17.9 Å². The minimum absolute atomic E-state index is 0.0408. The Bertz CT molecular complexity index is 1340. The quantitative estimate of drug-likeness (QED) is 0.314. The molecule has 2 amide bonds. The standard InChI is InChI=1S/C34H52N2O7S/c1-5-23-28-16-21(37)10-13-34(28,4)27-11-14-33(3)25(7-8-26(33)24(27)18-29(23)38)20(2)12-15-35-32(39)36-44(40,41)22-6-9-30-31(17-22)43-19-42-30/h6,9,17,20-21,23-29,37-38H,5,7-8,10-16,18-19H2,1-4H3,(H2,35,36,39)/t20-,21-,23-,24-,25-,26+,27+,28+,29?,33-,34-/m1/s1. The van der Waals surface area contributed by atoms with Gasteiger partial charge in [-0.1, -0.05) is 34.1 Å². The summed E-state index contributed by atoms with van der Waals surface area (Å²) in [6.07, 6.45) is 9.55. The maximum Gasteiger partial charge on any atom is 0.328 e. The molecular formula is C34H52N2O7S. The summed E-state index contributed by atoms with van der Waals surface area (Å²) in [6, 6.07) is 3.55. The van der Waals surface area contributed by atoms with Gasteiger partial charge in [0.25, 0.3) is 10.0 Å². The molecule has 11 atom stereocenters. The van der Waals surface area contributed by atoms with E-state index in [-0.39, 0.29) is 40.6 Å². The molecule has 5 aliphatic rings. The minimum atomic E-state index is -4.05. The molecule has 0 saturated heterocycles. The highest BCUT2D eigenvalue weighted by Crippen LogP contribution is 2.68. The molecule has 6 rings (SSSR count). The summed E-state index contributed by atoms with van der Waals surface area (Å²) >= 11 is 0. The number of aliphatic hydroxyl groups excluding tert-OH is 2. The third-order valence-corrected chi connectivity index (χ3v) is 14.5. The molecule has 1 unspecified atom stereocenters. The summed E-state index contributed by atoms with van der Waals surface area (Å²) in [5.41, 5.74) is 0.364. The summed E-state index contributed by atoms with van der Waals surface area (Å²) in [6.45, 7) is 9.90. The second-order valence-electron chi connectivity index (χ2n) is 15.2. The number of hydrogen-bond acceptors (Lipinski definition) is 7. The zero-order chi connectivity index (χ0) is 31.4. The van der Waals surface area contributed by atoms with Crippen molar-refractivity contribution in [2.24, 2.45) is 52.3 Å². The number of carbonyl (C=O) groups excluding carboxylic acids is 1. The highest BCUT2D eigenvalue weighted by Gasteiger charge is 2.61. The van der Waals surface area contributed by atoms with Gasteiger partial charge in [0, 0.05) is 12.6 Å². The normalized spacial score (nSPS) is 40.2. The maximum atomic E-state index is 12.8. The van der Waals surface area contributed by atoms with E-state index in [9.17, 15) is 23.4 Å². The van der Waals surface area contributed by atoms with Crippen LogP contribution >= 0.6 is 0 Å². The Balaban J connectivity index is 1.08. The number of fused-ring (bicyclic) bond motifs is 6. The smallest absolute Gasteiger partial charge is 0.328 e. The first kappa shape index (κ1) is 31.9. The van der Waals surface area contributed by atoms with E-state index in [0.29, 0.717) is 53.6 Å². The Kier molecular flexibility index (Phi) is 8.67. The highest BCUT2D eigenvalue weighted by atomic mass is 32.2. The SMILES string of the molecule is CC[C@H]1C(O)C[C@H]2[C@H](CC[C@]3(C)[C@@H]([C@H](C)CCNC(=O)NS(=O)(=O)c4ccc5c(c4)OCO5)CC[C@@H]23)[C@@]2(C)CC[C@@H](O)C[C@@H]12. The van der Waals surface area contributed by atoms with Gasteiger partial charge in [0.15, 0.2) is 11.5 Å². The molecule has 10 heteroatoms. The number of hydrogen-bond donors (Lipinski definition) is 4. The number of amides is 2. The average Bonchev–Trinajstić information content (AvgIpc) is 3.57. The molecule has 1 heterocycles. The number of carbonyl (C=O) groups is 1. The molecule has 246 valence electrons. The molecule has 4 saturated carbocycles. The molecule has 1 aromatic carbocycles. The fourth-order valence-electron chi connectivity index (χ4n) is 11.0. The number of aliphatic hydroxyl groups is 2. The minimum Gasteiger partial charge on any atom is -0.454 e. The Morgan fingerprint density at radius 3 is 2.50 bits per heavy atom. The number of nitrogens with one attached hydrogen (secondary N) is 2. The first-order valence-corrected chi connectivity index (χ1v) is 18.4. The van der Waals surface area contributed by atoms with Crippen LogP contribution in [0.4, 0.5) is 4.79 Å². The molecule has 4 aliphatic carbocycles. The first-order valence-electron chi connectivity index (χ1n) is 16.9. The van der Waals surface area contributed by atoms with Crippen LogP contribution in [0.25, 0.3) is 0 Å². The van der Waals surface area contributed by atoms with E-state index >= 15 is 0 Å². The fourth-order valence-corrected chi connectivity index (χ4v) is 12.0. The van der Waals surface area contributed by atoms with Crippen molar-refractivity contribution in [1.29, 1.82) is 0 Å². The van der Waals surface area contributed by atoms with Crippen LogP contribution in [0.3, 0.4) is 0 Å². The second-order valence-corrected chi connectivity index (χ2v) is 16.8. The number of urea groups is 1. The second kappa shape index (κ2) is 12.0. The van der Waals surface area contributed by atoms with Gasteiger partial charge in [-0.15, -0.1) is 0 Å². The van der Waals surface area contributed by atoms with Crippen LogP contribution in [0.5, 0.6) is 11.5 Å². The van der Waals surface area contributed by atoms with Crippen LogP contribution in [0.15, 0.2) is 23.1 Å². The molecule has 1 aliphatic heterocycles. The van der Waals surface area contributed by atoms with Gasteiger partial charge in [0.2, 0.25) is 6.79 Å². The zero-order valence-corrected chi connectivity index (χ0v) is 27.6. The van der Waals surface area contributed by atoms with Crippen LogP contribution in [0, 0.1) is 52.3 Å². The van der Waals surface area contributed by atoms with Gasteiger partial charge in [0.05, 0.1) is 17.1 Å². The van der Waals surface area contributed by atoms with Crippen molar-refractivity contribution >= 4 is 16.1 Å². The number of rotatable bonds is 7. The molecule has 0 spiro atoms. The van der Waals surface area contributed by atoms with Crippen molar-refractivity contribution in [3.63, 3.8) is 0 Å². The van der Waals surface area contributed by atoms with Crippen LogP contribution < -0.4 is 19.5 Å². The lowest BCUT2D eigenvalue weighted by Crippen LogP contribution is -2.51. The molecule has 4 fully saturated rings. The number of benzene rings is 1. The van der Waals surface area contributed by atoms with Gasteiger partial charge in [-0.2, -0.15) is 0 Å². The van der Waals surface area contributed by atoms with Crippen molar-refractivity contribution in [2.45, 2.75) is 109 Å². The number of ether oxygens (including phenoxy) is 2. The van der Waals surface area contributed by atoms with Crippen molar-refractivity contribution < 1.29 is 32.9 Å². The Morgan fingerprint density at radius 1 is 1.00 bits per heavy atom. The summed E-state index contributed by atoms with van der Waals surface area (Å²) in [5.74, 6) is 4.03. The Hall–Kier alpha value is -2.04.